The lowest BCUT2D eigenvalue weighted by Gasteiger charge is -2.21. The van der Waals surface area contributed by atoms with Crippen LogP contribution in [0.25, 0.3) is 0 Å². The van der Waals surface area contributed by atoms with Gasteiger partial charge in [-0.05, 0) is 43.4 Å². The number of rotatable bonds is 3. The molecule has 2 saturated carbocycles. The SMILES string of the molecule is S=CC=CNC1CC2CCC1C2. The lowest BCUT2D eigenvalue weighted by molar-refractivity contribution is 0.381. The van der Waals surface area contributed by atoms with Crippen LogP contribution in [0.2, 0.25) is 0 Å². The number of hydrogen-bond acceptors (Lipinski definition) is 2. The van der Waals surface area contributed by atoms with Gasteiger partial charge in [-0.2, -0.15) is 0 Å². The lowest BCUT2D eigenvalue weighted by atomic mass is 9.96. The van der Waals surface area contributed by atoms with Crippen molar-refractivity contribution in [3.63, 3.8) is 0 Å². The zero-order chi connectivity index (χ0) is 8.39. The Labute approximate surface area is 79.2 Å². The van der Waals surface area contributed by atoms with Crippen molar-refractivity contribution in [1.82, 2.24) is 5.32 Å². The van der Waals surface area contributed by atoms with E-state index in [1.54, 1.807) is 5.37 Å². The molecule has 0 aromatic heterocycles. The fourth-order valence-electron chi connectivity index (χ4n) is 2.67. The molecule has 12 heavy (non-hydrogen) atoms. The molecule has 0 aromatic rings. The second-order valence-electron chi connectivity index (χ2n) is 3.94. The van der Waals surface area contributed by atoms with Crippen LogP contribution in [0.4, 0.5) is 0 Å². The molecule has 0 radical (unpaired) electrons. The van der Waals surface area contributed by atoms with E-state index >= 15 is 0 Å². The minimum absolute atomic E-state index is 0.745. The molecule has 2 aliphatic carbocycles. The van der Waals surface area contributed by atoms with Crippen LogP contribution in [0.5, 0.6) is 0 Å². The standard InChI is InChI=1S/C10H15NS/c12-5-1-4-11-10-7-8-2-3-9(10)6-8/h1,4-5,8-11H,2-3,6-7H2. The topological polar surface area (TPSA) is 12.0 Å². The Morgan fingerprint density at radius 3 is 2.75 bits per heavy atom. The predicted molar refractivity (Wildman–Crippen MR) is 55.2 cm³/mol. The summed E-state index contributed by atoms with van der Waals surface area (Å²) in [5.74, 6) is 1.97. The molecule has 2 bridgehead atoms. The summed E-state index contributed by atoms with van der Waals surface area (Å²) < 4.78 is 0. The van der Waals surface area contributed by atoms with Crippen LogP contribution in [0.3, 0.4) is 0 Å². The summed E-state index contributed by atoms with van der Waals surface area (Å²) in [6.07, 6.45) is 9.66. The minimum Gasteiger partial charge on any atom is -0.388 e. The Bertz CT molecular complexity index is 200. The molecule has 2 heteroatoms. The van der Waals surface area contributed by atoms with Gasteiger partial charge < -0.3 is 5.32 Å². The lowest BCUT2D eigenvalue weighted by Crippen LogP contribution is -2.29. The monoisotopic (exact) mass is 181 g/mol. The van der Waals surface area contributed by atoms with Gasteiger partial charge in [0.1, 0.15) is 0 Å². The smallest absolute Gasteiger partial charge is 0.0286 e. The van der Waals surface area contributed by atoms with Gasteiger partial charge in [0.2, 0.25) is 0 Å². The summed E-state index contributed by atoms with van der Waals surface area (Å²) in [7, 11) is 0. The highest BCUT2D eigenvalue weighted by molar-refractivity contribution is 7.79. The van der Waals surface area contributed by atoms with E-state index in [-0.39, 0.29) is 0 Å². The highest BCUT2D eigenvalue weighted by atomic mass is 32.1. The third-order valence-electron chi connectivity index (χ3n) is 3.22. The average Bonchev–Trinajstić information content (AvgIpc) is 2.65. The van der Waals surface area contributed by atoms with E-state index in [1.165, 1.54) is 25.7 Å². The molecular weight excluding hydrogens is 166 g/mol. The second kappa shape index (κ2) is 3.56. The Kier molecular flexibility index (Phi) is 2.45. The summed E-state index contributed by atoms with van der Waals surface area (Å²) in [5, 5.41) is 5.09. The molecule has 1 N–H and O–H groups in total. The van der Waals surface area contributed by atoms with Crippen molar-refractivity contribution in [3.8, 4) is 0 Å². The summed E-state index contributed by atoms with van der Waals surface area (Å²) in [6.45, 7) is 0. The molecule has 66 valence electrons. The van der Waals surface area contributed by atoms with Gasteiger partial charge in [-0.15, -0.1) is 0 Å². The first-order chi connectivity index (χ1) is 5.90. The van der Waals surface area contributed by atoms with Gasteiger partial charge in [-0.3, -0.25) is 0 Å². The molecule has 0 heterocycles. The number of hydrogen-bond donors (Lipinski definition) is 1. The first kappa shape index (κ1) is 8.24. The molecule has 2 aliphatic rings. The van der Waals surface area contributed by atoms with E-state index in [0.29, 0.717) is 0 Å². The first-order valence-electron chi connectivity index (χ1n) is 4.76. The normalized spacial score (nSPS) is 39.2. The molecule has 3 atom stereocenters. The van der Waals surface area contributed by atoms with Gasteiger partial charge in [-0.1, -0.05) is 18.6 Å². The van der Waals surface area contributed by atoms with Crippen molar-refractivity contribution in [3.05, 3.63) is 12.3 Å². The van der Waals surface area contributed by atoms with Gasteiger partial charge in [0.15, 0.2) is 0 Å². The quantitative estimate of drug-likeness (QED) is 0.529. The van der Waals surface area contributed by atoms with Crippen molar-refractivity contribution < 1.29 is 0 Å². The second-order valence-corrected chi connectivity index (χ2v) is 4.22. The summed E-state index contributed by atoms with van der Waals surface area (Å²) in [4.78, 5) is 0. The van der Waals surface area contributed by atoms with Crippen LogP contribution in [-0.4, -0.2) is 11.4 Å². The van der Waals surface area contributed by atoms with E-state index in [2.05, 4.69) is 5.32 Å². The average molecular weight is 181 g/mol. The molecule has 0 aliphatic heterocycles. The summed E-state index contributed by atoms with van der Waals surface area (Å²) in [5.41, 5.74) is 0. The van der Waals surface area contributed by atoms with E-state index in [4.69, 9.17) is 12.2 Å². The van der Waals surface area contributed by atoms with E-state index in [0.717, 1.165) is 17.9 Å². The van der Waals surface area contributed by atoms with E-state index in [1.807, 2.05) is 12.3 Å². The molecule has 0 aromatic carbocycles. The molecular formula is C10H15NS. The maximum atomic E-state index is 4.71. The third kappa shape index (κ3) is 1.53. The molecule has 2 rings (SSSR count). The Hall–Kier alpha value is -0.370. The molecule has 0 saturated heterocycles. The van der Waals surface area contributed by atoms with Crippen LogP contribution in [0.15, 0.2) is 12.3 Å². The maximum absolute atomic E-state index is 4.71. The molecule has 3 unspecified atom stereocenters. The number of fused-ring (bicyclic) bond motifs is 2. The molecule has 2 fully saturated rings. The zero-order valence-electron chi connectivity index (χ0n) is 7.20. The Balaban J connectivity index is 1.82. The van der Waals surface area contributed by atoms with Gasteiger partial charge in [0, 0.05) is 11.4 Å². The maximum Gasteiger partial charge on any atom is 0.0286 e. The van der Waals surface area contributed by atoms with Gasteiger partial charge in [0.25, 0.3) is 0 Å². The minimum atomic E-state index is 0.745. The van der Waals surface area contributed by atoms with Crippen molar-refractivity contribution in [1.29, 1.82) is 0 Å². The van der Waals surface area contributed by atoms with Crippen LogP contribution < -0.4 is 5.32 Å². The van der Waals surface area contributed by atoms with E-state index in [9.17, 15) is 0 Å². The van der Waals surface area contributed by atoms with Gasteiger partial charge in [0.05, 0.1) is 0 Å². The molecule has 0 amide bonds. The fraction of sp³-hybridized carbons (Fsp3) is 0.700. The van der Waals surface area contributed by atoms with Crippen molar-refractivity contribution in [2.75, 3.05) is 0 Å². The highest BCUT2D eigenvalue weighted by Gasteiger charge is 2.38. The number of nitrogens with one attached hydrogen (secondary N) is 1. The summed E-state index contributed by atoms with van der Waals surface area (Å²) in [6, 6.07) is 0.745. The van der Waals surface area contributed by atoms with Crippen LogP contribution >= 0.6 is 12.2 Å². The highest BCUT2D eigenvalue weighted by Crippen LogP contribution is 2.44. The van der Waals surface area contributed by atoms with E-state index < -0.39 is 0 Å². The van der Waals surface area contributed by atoms with Crippen LogP contribution in [0.1, 0.15) is 25.7 Å². The summed E-state index contributed by atoms with van der Waals surface area (Å²) >= 11 is 4.71. The number of thiocarbonyl (C=S) groups is 1. The third-order valence-corrected chi connectivity index (χ3v) is 3.38. The van der Waals surface area contributed by atoms with Gasteiger partial charge >= 0.3 is 0 Å². The van der Waals surface area contributed by atoms with Crippen LogP contribution in [0, 0.1) is 11.8 Å². The van der Waals surface area contributed by atoms with Crippen molar-refractivity contribution in [2.45, 2.75) is 31.7 Å². The zero-order valence-corrected chi connectivity index (χ0v) is 8.02. The van der Waals surface area contributed by atoms with Crippen molar-refractivity contribution in [2.24, 2.45) is 11.8 Å². The van der Waals surface area contributed by atoms with Crippen molar-refractivity contribution >= 4 is 17.6 Å². The predicted octanol–water partition coefficient (Wildman–Crippen LogP) is 2.28. The largest absolute Gasteiger partial charge is 0.388 e. The Morgan fingerprint density at radius 1 is 1.25 bits per heavy atom. The molecule has 1 nitrogen and oxygen atoms in total. The van der Waals surface area contributed by atoms with Crippen LogP contribution in [-0.2, 0) is 0 Å². The Morgan fingerprint density at radius 2 is 2.17 bits per heavy atom. The van der Waals surface area contributed by atoms with Gasteiger partial charge in [-0.25, -0.2) is 0 Å². The first-order valence-corrected chi connectivity index (χ1v) is 5.23. The fourth-order valence-corrected chi connectivity index (χ4v) is 2.75. The molecule has 0 spiro atoms. The number of allylic oxidation sites excluding steroid dienone is 1.